The summed E-state index contributed by atoms with van der Waals surface area (Å²) < 4.78 is 0.729. The molecule has 0 bridgehead atoms. The van der Waals surface area contributed by atoms with Crippen molar-refractivity contribution in [3.05, 3.63) is 6.20 Å². The van der Waals surface area contributed by atoms with E-state index in [0.29, 0.717) is 0 Å². The second-order valence-corrected chi connectivity index (χ2v) is 2.85. The summed E-state index contributed by atoms with van der Waals surface area (Å²) >= 11 is 0. The van der Waals surface area contributed by atoms with Gasteiger partial charge in [0.05, 0.1) is 21.1 Å². The van der Waals surface area contributed by atoms with E-state index in [9.17, 15) is 0 Å². The Morgan fingerprint density at radius 2 is 2.11 bits per heavy atom. The van der Waals surface area contributed by atoms with Gasteiger partial charge in [-0.15, -0.1) is 5.10 Å². The van der Waals surface area contributed by atoms with Crippen LogP contribution < -0.4 is 4.48 Å². The fraction of sp³-hybridized carbons (Fsp3) is 0.600. The van der Waals surface area contributed by atoms with Crippen LogP contribution in [0, 0.1) is 0 Å². The second-order valence-electron chi connectivity index (χ2n) is 2.85. The van der Waals surface area contributed by atoms with Crippen LogP contribution in [0.15, 0.2) is 6.20 Å². The summed E-state index contributed by atoms with van der Waals surface area (Å²) in [6.07, 6.45) is 1.72. The van der Waals surface area contributed by atoms with Crippen molar-refractivity contribution in [3.8, 4) is 0 Å². The van der Waals surface area contributed by atoms with Crippen LogP contribution in [-0.4, -0.2) is 36.6 Å². The topological polar surface area (TPSA) is 41.6 Å². The monoisotopic (exact) mass is 127 g/mol. The number of quaternary nitrogens is 1. The number of H-pyrrole nitrogens is 1. The number of rotatable bonds is 1. The molecule has 0 aromatic carbocycles. The van der Waals surface area contributed by atoms with Crippen molar-refractivity contribution < 1.29 is 0 Å². The highest BCUT2D eigenvalue weighted by molar-refractivity contribution is 5.25. The van der Waals surface area contributed by atoms with E-state index in [1.54, 1.807) is 6.20 Å². The highest BCUT2D eigenvalue weighted by Gasteiger charge is 2.12. The van der Waals surface area contributed by atoms with Gasteiger partial charge in [-0.1, -0.05) is 5.21 Å². The molecule has 0 saturated carbocycles. The predicted molar refractivity (Wildman–Crippen MR) is 35.9 cm³/mol. The lowest BCUT2D eigenvalue weighted by Gasteiger charge is -2.19. The molecule has 1 aromatic heterocycles. The highest BCUT2D eigenvalue weighted by atomic mass is 15.4. The number of hydrogen-bond donors (Lipinski definition) is 1. The maximum absolute atomic E-state index is 3.67. The summed E-state index contributed by atoms with van der Waals surface area (Å²) in [7, 11) is 6.15. The van der Waals surface area contributed by atoms with Crippen LogP contribution in [-0.2, 0) is 0 Å². The smallest absolute Gasteiger partial charge is 0.243 e. The third-order valence-electron chi connectivity index (χ3n) is 1.13. The molecule has 0 saturated heterocycles. The molecule has 50 valence electrons. The molecule has 0 unspecified atom stereocenters. The van der Waals surface area contributed by atoms with Gasteiger partial charge in [-0.25, -0.2) is 5.10 Å². The van der Waals surface area contributed by atoms with Gasteiger partial charge < -0.3 is 0 Å². The Kier molecular flexibility index (Phi) is 1.25. The van der Waals surface area contributed by atoms with Gasteiger partial charge in [-0.3, -0.25) is 4.48 Å². The molecule has 0 spiro atoms. The van der Waals surface area contributed by atoms with Crippen LogP contribution in [0.25, 0.3) is 0 Å². The number of aromatic nitrogens is 3. The van der Waals surface area contributed by atoms with Gasteiger partial charge in [0, 0.05) is 0 Å². The fourth-order valence-corrected chi connectivity index (χ4v) is 0.516. The molecule has 1 heterocycles. The molecule has 0 fully saturated rings. The average Bonchev–Trinajstić information content (AvgIpc) is 2.08. The van der Waals surface area contributed by atoms with Crippen molar-refractivity contribution in [2.75, 3.05) is 21.1 Å². The quantitative estimate of drug-likeness (QED) is 0.539. The molecule has 0 aliphatic heterocycles. The minimum absolute atomic E-state index is 0.729. The molecule has 9 heavy (non-hydrogen) atoms. The van der Waals surface area contributed by atoms with Gasteiger partial charge in [-0.05, 0) is 0 Å². The summed E-state index contributed by atoms with van der Waals surface area (Å²) in [5, 5.41) is 10.1. The largest absolute Gasteiger partial charge is 0.281 e. The molecule has 0 atom stereocenters. The van der Waals surface area contributed by atoms with Crippen LogP contribution in [0.2, 0.25) is 0 Å². The molecule has 1 rings (SSSR count). The first kappa shape index (κ1) is 6.22. The van der Waals surface area contributed by atoms with Crippen molar-refractivity contribution >= 4 is 5.82 Å². The first-order chi connectivity index (χ1) is 4.11. The molecule has 1 aromatic rings. The molecule has 0 aliphatic carbocycles. The molecule has 0 amide bonds. The fourth-order valence-electron chi connectivity index (χ4n) is 0.516. The third-order valence-corrected chi connectivity index (χ3v) is 1.13. The second kappa shape index (κ2) is 1.80. The summed E-state index contributed by atoms with van der Waals surface area (Å²) in [5.41, 5.74) is 0. The molecular weight excluding hydrogens is 116 g/mol. The first-order valence-electron chi connectivity index (χ1n) is 2.79. The van der Waals surface area contributed by atoms with Gasteiger partial charge in [-0.2, -0.15) is 0 Å². The standard InChI is InChI=1S/C5H11N4/c1-9(2,3)5-4-6-8-7-5/h4H,1-3H3,(H,6,7,8)/q+1. The van der Waals surface area contributed by atoms with Crippen LogP contribution in [0.1, 0.15) is 0 Å². The summed E-state index contributed by atoms with van der Waals surface area (Å²) in [5.74, 6) is 1.01. The highest BCUT2D eigenvalue weighted by Crippen LogP contribution is 2.07. The molecule has 0 aliphatic rings. The van der Waals surface area contributed by atoms with Crippen LogP contribution >= 0.6 is 0 Å². The van der Waals surface area contributed by atoms with Crippen LogP contribution in [0.4, 0.5) is 5.82 Å². The lowest BCUT2D eigenvalue weighted by Crippen LogP contribution is -2.35. The zero-order chi connectivity index (χ0) is 6.91. The summed E-state index contributed by atoms with van der Waals surface area (Å²) in [4.78, 5) is 0. The van der Waals surface area contributed by atoms with E-state index in [1.165, 1.54) is 0 Å². The Morgan fingerprint density at radius 3 is 2.33 bits per heavy atom. The van der Waals surface area contributed by atoms with E-state index in [2.05, 4.69) is 36.6 Å². The summed E-state index contributed by atoms with van der Waals surface area (Å²) in [6.45, 7) is 0. The summed E-state index contributed by atoms with van der Waals surface area (Å²) in [6, 6.07) is 0. The number of hydrogen-bond acceptors (Lipinski definition) is 2. The SMILES string of the molecule is C[N+](C)(C)c1cnn[nH]1. The lowest BCUT2D eigenvalue weighted by atomic mass is 10.6. The normalized spacial score (nSPS) is 11.9. The van der Waals surface area contributed by atoms with Gasteiger partial charge in [0.25, 0.3) is 0 Å². The third kappa shape index (κ3) is 1.26. The Hall–Kier alpha value is -0.900. The Balaban J connectivity index is 2.90. The van der Waals surface area contributed by atoms with Crippen molar-refractivity contribution in [3.63, 3.8) is 0 Å². The van der Waals surface area contributed by atoms with Gasteiger partial charge in [0.2, 0.25) is 5.82 Å². The minimum Gasteiger partial charge on any atom is -0.281 e. The molecular formula is C5H11N4+. The van der Waals surface area contributed by atoms with Crippen LogP contribution in [0.3, 0.4) is 0 Å². The molecule has 1 N–H and O–H groups in total. The van der Waals surface area contributed by atoms with Crippen molar-refractivity contribution in [2.45, 2.75) is 0 Å². The van der Waals surface area contributed by atoms with Crippen molar-refractivity contribution in [1.29, 1.82) is 0 Å². The maximum atomic E-state index is 3.67. The molecule has 4 nitrogen and oxygen atoms in total. The van der Waals surface area contributed by atoms with Gasteiger partial charge >= 0.3 is 0 Å². The maximum Gasteiger partial charge on any atom is 0.243 e. The Labute approximate surface area is 54.1 Å². The van der Waals surface area contributed by atoms with E-state index >= 15 is 0 Å². The molecule has 0 radical (unpaired) electrons. The number of nitrogens with zero attached hydrogens (tertiary/aromatic N) is 3. The first-order valence-corrected chi connectivity index (χ1v) is 2.79. The van der Waals surface area contributed by atoms with E-state index in [1.807, 2.05) is 0 Å². The predicted octanol–water partition coefficient (Wildman–Crippen LogP) is 0.00140. The van der Waals surface area contributed by atoms with Crippen molar-refractivity contribution in [1.82, 2.24) is 19.9 Å². The average molecular weight is 127 g/mol. The number of aromatic amines is 1. The lowest BCUT2D eigenvalue weighted by molar-refractivity contribution is 0.472. The van der Waals surface area contributed by atoms with Gasteiger partial charge in [0.1, 0.15) is 6.20 Å². The Morgan fingerprint density at radius 1 is 1.44 bits per heavy atom. The zero-order valence-corrected chi connectivity index (χ0v) is 5.92. The van der Waals surface area contributed by atoms with Crippen molar-refractivity contribution in [2.24, 2.45) is 0 Å². The zero-order valence-electron chi connectivity index (χ0n) is 5.92. The van der Waals surface area contributed by atoms with E-state index in [0.717, 1.165) is 10.3 Å². The van der Waals surface area contributed by atoms with Crippen LogP contribution in [0.5, 0.6) is 0 Å². The minimum atomic E-state index is 0.729. The van der Waals surface area contributed by atoms with E-state index < -0.39 is 0 Å². The van der Waals surface area contributed by atoms with E-state index in [-0.39, 0.29) is 0 Å². The Bertz CT molecular complexity index is 171. The van der Waals surface area contributed by atoms with Gasteiger partial charge in [0.15, 0.2) is 0 Å². The van der Waals surface area contributed by atoms with E-state index in [4.69, 9.17) is 0 Å². The number of nitrogens with one attached hydrogen (secondary N) is 1. The molecule has 4 heteroatoms.